The maximum Gasteiger partial charge on any atom is 0.164 e. The predicted molar refractivity (Wildman–Crippen MR) is 152 cm³/mol. The smallest absolute Gasteiger partial charge is 0.164 e. The minimum absolute atomic E-state index is 0.0392. The summed E-state index contributed by atoms with van der Waals surface area (Å²) in [6.45, 7) is 14.5. The third-order valence-electron chi connectivity index (χ3n) is 6.11. The van der Waals surface area contributed by atoms with E-state index >= 15 is 0 Å². The fourth-order valence-corrected chi connectivity index (χ4v) is 4.20. The summed E-state index contributed by atoms with van der Waals surface area (Å²) in [5.74, 6) is 0.231. The molecule has 1 fully saturated rings. The first kappa shape index (κ1) is 29.4. The number of hydrogen-bond donors (Lipinski definition) is 0. The molecule has 4 nitrogen and oxygen atoms in total. The molecular weight excluding hydrogens is 444 g/mol. The first-order valence-corrected chi connectivity index (χ1v) is 13.5. The minimum atomic E-state index is -0.0392. The zero-order valence-electron chi connectivity index (χ0n) is 22.6. The summed E-state index contributed by atoms with van der Waals surface area (Å²) in [5.41, 5.74) is 3.19. The third-order valence-corrected chi connectivity index (χ3v) is 6.11. The number of hydrogen-bond acceptors (Lipinski definition) is 4. The van der Waals surface area contributed by atoms with Crippen LogP contribution in [0, 0.1) is 0 Å². The third kappa shape index (κ3) is 9.69. The number of rotatable bonds is 10. The summed E-state index contributed by atoms with van der Waals surface area (Å²) in [4.78, 5) is 17.2. The number of ketones is 1. The van der Waals surface area contributed by atoms with E-state index in [1.165, 1.54) is 11.1 Å². The van der Waals surface area contributed by atoms with E-state index in [0.29, 0.717) is 13.0 Å². The molecule has 0 saturated carbocycles. The fourth-order valence-electron chi connectivity index (χ4n) is 4.20. The van der Waals surface area contributed by atoms with Gasteiger partial charge in [-0.25, -0.2) is 0 Å². The van der Waals surface area contributed by atoms with E-state index in [9.17, 15) is 4.79 Å². The Morgan fingerprint density at radius 1 is 0.667 bits per heavy atom. The number of carbonyl (C=O) groups is 1. The average molecular weight is 489 g/mol. The summed E-state index contributed by atoms with van der Waals surface area (Å²) in [5, 5.41) is 0. The van der Waals surface area contributed by atoms with Gasteiger partial charge in [0.15, 0.2) is 5.78 Å². The zero-order valence-corrected chi connectivity index (χ0v) is 22.6. The van der Waals surface area contributed by atoms with Crippen LogP contribution < -0.4 is 0 Å². The van der Waals surface area contributed by atoms with Crippen molar-refractivity contribution < 1.29 is 9.53 Å². The number of Topliss-reactive ketones (excluding diaryl/α,β-unsaturated/α-hetero) is 1. The van der Waals surface area contributed by atoms with Crippen LogP contribution in [0.2, 0.25) is 0 Å². The molecule has 0 aromatic heterocycles. The van der Waals surface area contributed by atoms with Crippen LogP contribution in [0.4, 0.5) is 0 Å². The number of nitrogens with zero attached hydrogens (tertiary/aromatic N) is 2. The summed E-state index contributed by atoms with van der Waals surface area (Å²) in [6.07, 6.45) is 0.547. The Morgan fingerprint density at radius 3 is 1.56 bits per heavy atom. The second kappa shape index (κ2) is 17.6. The van der Waals surface area contributed by atoms with Crippen LogP contribution in [0.3, 0.4) is 0 Å². The molecule has 36 heavy (non-hydrogen) atoms. The van der Waals surface area contributed by atoms with E-state index in [1.807, 2.05) is 70.2 Å². The van der Waals surface area contributed by atoms with Crippen molar-refractivity contribution in [2.45, 2.75) is 40.2 Å². The molecule has 0 atom stereocenters. The molecular formula is C32H44N2O2. The van der Waals surface area contributed by atoms with E-state index < -0.39 is 0 Å². The van der Waals surface area contributed by atoms with Gasteiger partial charge in [0.05, 0.1) is 6.61 Å². The molecule has 0 unspecified atom stereocenters. The number of carbonyl (C=O) groups excluding carboxylic acids is 1. The first-order valence-electron chi connectivity index (χ1n) is 13.5. The SMILES string of the molecule is CC.CC.O=C(CCN1CCN(CCOC(c2ccccc2)c2ccccc2)CC1)c1ccccc1. The Bertz CT molecular complexity index is 900. The Labute approximate surface area is 218 Å². The molecule has 3 aromatic carbocycles. The van der Waals surface area contributed by atoms with Crippen molar-refractivity contribution in [2.75, 3.05) is 45.9 Å². The van der Waals surface area contributed by atoms with Gasteiger partial charge in [0.1, 0.15) is 6.10 Å². The molecule has 0 bridgehead atoms. The maximum atomic E-state index is 12.3. The van der Waals surface area contributed by atoms with Gasteiger partial charge in [0, 0.05) is 51.3 Å². The summed E-state index contributed by atoms with van der Waals surface area (Å²) in [7, 11) is 0. The van der Waals surface area contributed by atoms with Gasteiger partial charge >= 0.3 is 0 Å². The standard InChI is InChI=1S/C28H32N2O2.2C2H6/c31-27(24-10-4-1-5-11-24)16-17-29-18-20-30(21-19-29)22-23-32-28(25-12-6-2-7-13-25)26-14-8-3-9-15-26;2*1-2/h1-15,28H,16-23H2;2*1-2H3. The van der Waals surface area contributed by atoms with Gasteiger partial charge in [-0.1, -0.05) is 119 Å². The van der Waals surface area contributed by atoms with Crippen molar-refractivity contribution in [1.82, 2.24) is 9.80 Å². The molecule has 1 aliphatic heterocycles. The molecule has 194 valence electrons. The molecule has 4 rings (SSSR count). The van der Waals surface area contributed by atoms with Crippen LogP contribution in [0.1, 0.15) is 61.7 Å². The van der Waals surface area contributed by atoms with Gasteiger partial charge in [-0.15, -0.1) is 0 Å². The normalized spacial score (nSPS) is 13.8. The molecule has 1 heterocycles. The van der Waals surface area contributed by atoms with Gasteiger partial charge in [0.25, 0.3) is 0 Å². The van der Waals surface area contributed by atoms with Crippen molar-refractivity contribution >= 4 is 5.78 Å². The molecule has 0 radical (unpaired) electrons. The lowest BCUT2D eigenvalue weighted by atomic mass is 10.0. The van der Waals surface area contributed by atoms with Crippen LogP contribution in [0.5, 0.6) is 0 Å². The van der Waals surface area contributed by atoms with Crippen LogP contribution >= 0.6 is 0 Å². The topological polar surface area (TPSA) is 32.8 Å². The Hall–Kier alpha value is -2.79. The van der Waals surface area contributed by atoms with Gasteiger partial charge in [-0.05, 0) is 11.1 Å². The minimum Gasteiger partial charge on any atom is -0.367 e. The molecule has 0 aliphatic carbocycles. The second-order valence-corrected chi connectivity index (χ2v) is 8.29. The highest BCUT2D eigenvalue weighted by atomic mass is 16.5. The summed E-state index contributed by atoms with van der Waals surface area (Å²) >= 11 is 0. The molecule has 1 aliphatic rings. The van der Waals surface area contributed by atoms with Gasteiger partial charge < -0.3 is 9.64 Å². The van der Waals surface area contributed by atoms with Gasteiger partial charge in [-0.3, -0.25) is 9.69 Å². The van der Waals surface area contributed by atoms with Crippen LogP contribution in [-0.4, -0.2) is 61.5 Å². The number of ether oxygens (including phenoxy) is 1. The predicted octanol–water partition coefficient (Wildman–Crippen LogP) is 6.74. The lowest BCUT2D eigenvalue weighted by molar-refractivity contribution is 0.0450. The number of piperazine rings is 1. The molecule has 1 saturated heterocycles. The van der Waals surface area contributed by atoms with Gasteiger partial charge in [0.2, 0.25) is 0 Å². The van der Waals surface area contributed by atoms with E-state index in [0.717, 1.165) is 44.8 Å². The van der Waals surface area contributed by atoms with E-state index in [4.69, 9.17) is 4.74 Å². The van der Waals surface area contributed by atoms with Crippen molar-refractivity contribution in [3.05, 3.63) is 108 Å². The number of benzene rings is 3. The van der Waals surface area contributed by atoms with Crippen LogP contribution in [0.25, 0.3) is 0 Å². The largest absolute Gasteiger partial charge is 0.367 e. The average Bonchev–Trinajstić information content (AvgIpc) is 2.98. The van der Waals surface area contributed by atoms with Crippen molar-refractivity contribution in [3.63, 3.8) is 0 Å². The zero-order chi connectivity index (χ0) is 26.0. The van der Waals surface area contributed by atoms with Crippen molar-refractivity contribution in [1.29, 1.82) is 0 Å². The lowest BCUT2D eigenvalue weighted by Gasteiger charge is -2.34. The van der Waals surface area contributed by atoms with Crippen molar-refractivity contribution in [2.24, 2.45) is 0 Å². The molecule has 4 heteroatoms. The van der Waals surface area contributed by atoms with E-state index in [-0.39, 0.29) is 11.9 Å². The fraction of sp³-hybridized carbons (Fsp3) is 0.406. The molecule has 0 N–H and O–H groups in total. The molecule has 3 aromatic rings. The Balaban J connectivity index is 0.00000109. The molecule has 0 spiro atoms. The van der Waals surface area contributed by atoms with E-state index in [2.05, 4.69) is 58.3 Å². The summed E-state index contributed by atoms with van der Waals surface area (Å²) in [6, 6.07) is 30.5. The quantitative estimate of drug-likeness (QED) is 0.296. The second-order valence-electron chi connectivity index (χ2n) is 8.29. The van der Waals surface area contributed by atoms with E-state index in [1.54, 1.807) is 0 Å². The first-order chi connectivity index (χ1) is 17.8. The monoisotopic (exact) mass is 488 g/mol. The highest BCUT2D eigenvalue weighted by Gasteiger charge is 2.19. The Kier molecular flexibility index (Phi) is 14.4. The molecule has 0 amide bonds. The van der Waals surface area contributed by atoms with Gasteiger partial charge in [-0.2, -0.15) is 0 Å². The van der Waals surface area contributed by atoms with Crippen molar-refractivity contribution in [3.8, 4) is 0 Å². The maximum absolute atomic E-state index is 12.3. The van der Waals surface area contributed by atoms with Crippen LogP contribution in [-0.2, 0) is 4.74 Å². The Morgan fingerprint density at radius 2 is 1.08 bits per heavy atom. The van der Waals surface area contributed by atoms with Crippen LogP contribution in [0.15, 0.2) is 91.0 Å². The highest BCUT2D eigenvalue weighted by molar-refractivity contribution is 5.96. The summed E-state index contributed by atoms with van der Waals surface area (Å²) < 4.78 is 6.37. The highest BCUT2D eigenvalue weighted by Crippen LogP contribution is 2.25. The lowest BCUT2D eigenvalue weighted by Crippen LogP contribution is -2.47.